The summed E-state index contributed by atoms with van der Waals surface area (Å²) in [4.78, 5) is 16.1. The first-order valence-electron chi connectivity index (χ1n) is 7.95. The molecule has 3 rings (SSSR count). The van der Waals surface area contributed by atoms with Crippen LogP contribution in [-0.4, -0.2) is 24.0 Å². The van der Waals surface area contributed by atoms with Crippen LogP contribution in [0.25, 0.3) is 17.2 Å². The van der Waals surface area contributed by atoms with Crippen molar-refractivity contribution in [1.82, 2.24) is 10.3 Å². The normalized spacial score (nSPS) is 11.3. The quantitative estimate of drug-likeness (QED) is 0.653. The predicted octanol–water partition coefficient (Wildman–Crippen LogP) is 3.80. The Balaban J connectivity index is 1.46. The fourth-order valence-electron chi connectivity index (χ4n) is 2.33. The third-order valence-corrected chi connectivity index (χ3v) is 3.55. The Morgan fingerprint density at radius 1 is 1.19 bits per heavy atom. The first-order chi connectivity index (χ1) is 12.6. The number of nitrogens with one attached hydrogen (secondary N) is 1. The van der Waals surface area contributed by atoms with E-state index in [-0.39, 0.29) is 11.7 Å². The monoisotopic (exact) mass is 358 g/mol. The topological polar surface area (TPSA) is 64.4 Å². The second-order valence-corrected chi connectivity index (χ2v) is 5.42. The van der Waals surface area contributed by atoms with Crippen molar-refractivity contribution in [2.75, 3.05) is 6.54 Å². The van der Waals surface area contributed by atoms with Gasteiger partial charge in [-0.25, -0.2) is 4.98 Å². The molecule has 0 aliphatic heterocycles. The van der Waals surface area contributed by atoms with E-state index >= 15 is 0 Å². The summed E-state index contributed by atoms with van der Waals surface area (Å²) in [5, 5.41) is 2.74. The van der Waals surface area contributed by atoms with Crippen LogP contribution < -0.4 is 10.1 Å². The summed E-state index contributed by atoms with van der Waals surface area (Å²) in [5.74, 6) is 0.190. The van der Waals surface area contributed by atoms with Gasteiger partial charge in [0.05, 0.1) is 0 Å². The molecule has 0 saturated heterocycles. The number of carbonyl (C=O) groups excluding carboxylic acids is 1. The fourth-order valence-corrected chi connectivity index (χ4v) is 2.33. The lowest BCUT2D eigenvalue weighted by Crippen LogP contribution is -2.23. The second kappa shape index (κ2) is 8.24. The number of benzene rings is 2. The van der Waals surface area contributed by atoms with Crippen LogP contribution in [0.4, 0.5) is 8.78 Å². The van der Waals surface area contributed by atoms with E-state index in [1.807, 2.05) is 18.2 Å². The number of carbonyl (C=O) groups is 1. The lowest BCUT2D eigenvalue weighted by atomic mass is 10.1. The SMILES string of the molecule is O=C(C=Cc1nc2ccccc2o1)NCCc1ccc(OC(F)F)cc1. The van der Waals surface area contributed by atoms with Gasteiger partial charge in [0.2, 0.25) is 11.8 Å². The summed E-state index contributed by atoms with van der Waals surface area (Å²) in [6, 6.07) is 13.6. The highest BCUT2D eigenvalue weighted by Crippen LogP contribution is 2.16. The van der Waals surface area contributed by atoms with Crippen LogP contribution in [-0.2, 0) is 11.2 Å². The van der Waals surface area contributed by atoms with E-state index in [0.717, 1.165) is 11.1 Å². The van der Waals surface area contributed by atoms with Crippen LogP contribution in [0.5, 0.6) is 5.75 Å². The van der Waals surface area contributed by atoms with E-state index in [2.05, 4.69) is 15.0 Å². The molecular formula is C19H16F2N2O3. The van der Waals surface area contributed by atoms with Gasteiger partial charge in [0, 0.05) is 18.7 Å². The summed E-state index contributed by atoms with van der Waals surface area (Å²) < 4.78 is 33.9. The molecule has 1 amide bonds. The lowest BCUT2D eigenvalue weighted by molar-refractivity contribution is -0.116. The number of amides is 1. The molecule has 0 radical (unpaired) electrons. The Morgan fingerprint density at radius 3 is 2.69 bits per heavy atom. The van der Waals surface area contributed by atoms with Crippen LogP contribution in [0, 0.1) is 0 Å². The zero-order valence-corrected chi connectivity index (χ0v) is 13.7. The standard InChI is InChI=1S/C19H16F2N2O3/c20-19(21)25-14-7-5-13(6-8-14)11-12-22-17(24)9-10-18-23-15-3-1-2-4-16(15)26-18/h1-10,19H,11-12H2,(H,22,24). The molecule has 5 nitrogen and oxygen atoms in total. The summed E-state index contributed by atoms with van der Waals surface area (Å²) in [6.45, 7) is -2.43. The van der Waals surface area contributed by atoms with Crippen LogP contribution >= 0.6 is 0 Å². The number of ether oxygens (including phenoxy) is 1. The number of rotatable bonds is 7. The van der Waals surface area contributed by atoms with Crippen molar-refractivity contribution in [1.29, 1.82) is 0 Å². The molecular weight excluding hydrogens is 342 g/mol. The van der Waals surface area contributed by atoms with Crippen molar-refractivity contribution in [3.63, 3.8) is 0 Å². The summed E-state index contributed by atoms with van der Waals surface area (Å²) in [5.41, 5.74) is 2.29. The molecule has 26 heavy (non-hydrogen) atoms. The van der Waals surface area contributed by atoms with Gasteiger partial charge in [-0.1, -0.05) is 24.3 Å². The Bertz CT molecular complexity index is 872. The van der Waals surface area contributed by atoms with Crippen molar-refractivity contribution in [2.24, 2.45) is 0 Å². The summed E-state index contributed by atoms with van der Waals surface area (Å²) in [7, 11) is 0. The molecule has 2 aromatic carbocycles. The van der Waals surface area contributed by atoms with Gasteiger partial charge in [-0.3, -0.25) is 4.79 Å². The van der Waals surface area contributed by atoms with E-state index < -0.39 is 6.61 Å². The number of aromatic nitrogens is 1. The van der Waals surface area contributed by atoms with Gasteiger partial charge in [-0.15, -0.1) is 0 Å². The average molecular weight is 358 g/mol. The molecule has 0 aliphatic rings. The molecule has 0 spiro atoms. The smallest absolute Gasteiger partial charge is 0.387 e. The molecule has 134 valence electrons. The van der Waals surface area contributed by atoms with Gasteiger partial charge >= 0.3 is 6.61 Å². The van der Waals surface area contributed by atoms with Crippen LogP contribution in [0.15, 0.2) is 59.0 Å². The molecule has 1 heterocycles. The molecule has 0 fully saturated rings. The van der Waals surface area contributed by atoms with Gasteiger partial charge in [0.25, 0.3) is 0 Å². The molecule has 0 unspecified atom stereocenters. The van der Waals surface area contributed by atoms with E-state index in [1.165, 1.54) is 24.3 Å². The number of hydrogen-bond acceptors (Lipinski definition) is 4. The number of halogens is 2. The first-order valence-corrected chi connectivity index (χ1v) is 7.95. The summed E-state index contributed by atoms with van der Waals surface area (Å²) in [6.07, 6.45) is 3.42. The minimum Gasteiger partial charge on any atom is -0.437 e. The van der Waals surface area contributed by atoms with Gasteiger partial charge < -0.3 is 14.5 Å². The minimum absolute atomic E-state index is 0.106. The first kappa shape index (κ1) is 17.6. The maximum absolute atomic E-state index is 12.1. The Morgan fingerprint density at radius 2 is 1.96 bits per heavy atom. The van der Waals surface area contributed by atoms with E-state index in [4.69, 9.17) is 4.42 Å². The van der Waals surface area contributed by atoms with E-state index in [9.17, 15) is 13.6 Å². The zero-order valence-electron chi connectivity index (χ0n) is 13.7. The van der Waals surface area contributed by atoms with Crippen molar-refractivity contribution < 1.29 is 22.7 Å². The minimum atomic E-state index is -2.84. The predicted molar refractivity (Wildman–Crippen MR) is 92.8 cm³/mol. The molecule has 0 bridgehead atoms. The average Bonchev–Trinajstić information content (AvgIpc) is 3.04. The largest absolute Gasteiger partial charge is 0.437 e. The number of nitrogens with zero attached hydrogens (tertiary/aromatic N) is 1. The molecule has 0 atom stereocenters. The number of hydrogen-bond donors (Lipinski definition) is 1. The zero-order chi connectivity index (χ0) is 18.4. The van der Waals surface area contributed by atoms with Gasteiger partial charge in [-0.05, 0) is 36.2 Å². The molecule has 3 aromatic rings. The number of fused-ring (bicyclic) bond motifs is 1. The van der Waals surface area contributed by atoms with Gasteiger partial charge in [-0.2, -0.15) is 8.78 Å². The number of oxazole rings is 1. The highest BCUT2D eigenvalue weighted by atomic mass is 19.3. The van der Waals surface area contributed by atoms with Crippen molar-refractivity contribution >= 4 is 23.1 Å². The van der Waals surface area contributed by atoms with Crippen LogP contribution in [0.2, 0.25) is 0 Å². The van der Waals surface area contributed by atoms with Crippen molar-refractivity contribution in [3.05, 3.63) is 66.1 Å². The van der Waals surface area contributed by atoms with Crippen LogP contribution in [0.1, 0.15) is 11.5 Å². The maximum atomic E-state index is 12.1. The summed E-state index contributed by atoms with van der Waals surface area (Å²) >= 11 is 0. The number of para-hydroxylation sites is 2. The Kier molecular flexibility index (Phi) is 5.58. The molecule has 0 saturated carbocycles. The third kappa shape index (κ3) is 4.89. The molecule has 0 aliphatic carbocycles. The second-order valence-electron chi connectivity index (χ2n) is 5.42. The molecule has 1 N–H and O–H groups in total. The molecule has 7 heteroatoms. The van der Waals surface area contributed by atoms with E-state index in [0.29, 0.717) is 24.4 Å². The third-order valence-electron chi connectivity index (χ3n) is 3.55. The van der Waals surface area contributed by atoms with Gasteiger partial charge in [0.1, 0.15) is 11.3 Å². The maximum Gasteiger partial charge on any atom is 0.387 e. The highest BCUT2D eigenvalue weighted by molar-refractivity contribution is 5.91. The van der Waals surface area contributed by atoms with Crippen LogP contribution in [0.3, 0.4) is 0 Å². The molecule has 1 aromatic heterocycles. The van der Waals surface area contributed by atoms with Crippen molar-refractivity contribution in [2.45, 2.75) is 13.0 Å². The van der Waals surface area contributed by atoms with Crippen molar-refractivity contribution in [3.8, 4) is 5.75 Å². The number of alkyl halides is 2. The Labute approximate surface area is 148 Å². The Hall–Kier alpha value is -3.22. The lowest BCUT2D eigenvalue weighted by Gasteiger charge is -2.06. The van der Waals surface area contributed by atoms with Gasteiger partial charge in [0.15, 0.2) is 5.58 Å². The highest BCUT2D eigenvalue weighted by Gasteiger charge is 2.04. The fraction of sp³-hybridized carbons (Fsp3) is 0.158. The van der Waals surface area contributed by atoms with E-state index in [1.54, 1.807) is 18.2 Å².